The minimum absolute atomic E-state index is 0.299. The van der Waals surface area contributed by atoms with Crippen LogP contribution in [-0.2, 0) is 16.0 Å². The van der Waals surface area contributed by atoms with Crippen LogP contribution in [0.5, 0.6) is 5.75 Å². The second-order valence-corrected chi connectivity index (χ2v) is 8.70. The second-order valence-electron chi connectivity index (χ2n) is 7.32. The number of rotatable bonds is 3. The van der Waals surface area contributed by atoms with E-state index in [2.05, 4.69) is 4.99 Å². The van der Waals surface area contributed by atoms with Gasteiger partial charge >= 0.3 is 5.97 Å². The lowest BCUT2D eigenvalue weighted by atomic mass is 10.0. The molecule has 0 amide bonds. The third-order valence-electron chi connectivity index (χ3n) is 5.47. The molecule has 3 aromatic carbocycles. The first-order chi connectivity index (χ1) is 14.4. The van der Waals surface area contributed by atoms with Crippen LogP contribution in [0.25, 0.3) is 5.57 Å². The molecule has 0 bridgehead atoms. The summed E-state index contributed by atoms with van der Waals surface area (Å²) in [5.41, 5.74) is 3.79. The van der Waals surface area contributed by atoms with Crippen molar-refractivity contribution in [1.82, 2.24) is 0 Å². The monoisotopic (exact) mass is 414 g/mol. The Labute approximate surface area is 176 Å². The van der Waals surface area contributed by atoms with Gasteiger partial charge in [-0.1, -0.05) is 18.2 Å². The molecule has 1 unspecified atom stereocenters. The number of aliphatic imine (C=N–C) groups is 1. The summed E-state index contributed by atoms with van der Waals surface area (Å²) in [7, 11) is 0. The van der Waals surface area contributed by atoms with Crippen LogP contribution in [0.4, 0.5) is 11.4 Å². The van der Waals surface area contributed by atoms with Crippen molar-refractivity contribution in [1.29, 1.82) is 0 Å². The molecule has 5 rings (SSSR count). The number of para-hydroxylation sites is 1. The predicted molar refractivity (Wildman–Crippen MR) is 116 cm³/mol. The lowest BCUT2D eigenvalue weighted by Gasteiger charge is -2.07. The van der Waals surface area contributed by atoms with Gasteiger partial charge in [0.15, 0.2) is 10.6 Å². The number of nitrogens with zero attached hydrogens (tertiary/aromatic N) is 2. The van der Waals surface area contributed by atoms with E-state index >= 15 is 0 Å². The van der Waals surface area contributed by atoms with Gasteiger partial charge in [0, 0.05) is 15.7 Å². The Morgan fingerprint density at radius 2 is 1.73 bits per heavy atom. The zero-order chi connectivity index (χ0) is 21.0. The minimum atomic E-state index is -1.08. The summed E-state index contributed by atoms with van der Waals surface area (Å²) < 4.78 is 17.0. The highest BCUT2D eigenvalue weighted by atomic mass is 32.2. The van der Waals surface area contributed by atoms with Crippen LogP contribution in [0.1, 0.15) is 12.5 Å². The summed E-state index contributed by atoms with van der Waals surface area (Å²) in [6.45, 7) is 3.90. The van der Waals surface area contributed by atoms with Crippen LogP contribution in [0.2, 0.25) is 0 Å². The van der Waals surface area contributed by atoms with Crippen molar-refractivity contribution >= 4 is 39.8 Å². The van der Waals surface area contributed by atoms with Crippen molar-refractivity contribution in [2.24, 2.45) is 9.98 Å². The van der Waals surface area contributed by atoms with Gasteiger partial charge in [0.25, 0.3) is 0 Å². The van der Waals surface area contributed by atoms with E-state index in [9.17, 15) is 9.35 Å². The van der Waals surface area contributed by atoms with Crippen LogP contribution in [-0.4, -0.2) is 22.5 Å². The summed E-state index contributed by atoms with van der Waals surface area (Å²) in [4.78, 5) is 22.9. The highest BCUT2D eigenvalue weighted by molar-refractivity contribution is 7.90. The molecule has 0 fully saturated rings. The van der Waals surface area contributed by atoms with Gasteiger partial charge in [0.2, 0.25) is 0 Å². The molecule has 2 aliphatic rings. The van der Waals surface area contributed by atoms with Gasteiger partial charge in [-0.2, -0.15) is 0 Å². The van der Waals surface area contributed by atoms with Crippen LogP contribution in [0.3, 0.4) is 0 Å². The summed E-state index contributed by atoms with van der Waals surface area (Å²) in [6.07, 6.45) is 1.61. The van der Waals surface area contributed by atoms with Crippen molar-refractivity contribution < 1.29 is 14.1 Å². The van der Waals surface area contributed by atoms with E-state index in [-0.39, 0.29) is 0 Å². The number of carbonyl (C=O) groups excluding carboxylic acids is 1. The molecule has 30 heavy (non-hydrogen) atoms. The zero-order valence-corrected chi connectivity index (χ0v) is 17.5. The maximum absolute atomic E-state index is 12.8. The third kappa shape index (κ3) is 2.88. The SMILES string of the molecule is CC1=c2c(cc3c(c2C)N=c2ccccc2=3)N=C1C(=O)Oc1ccc([S+](C)[O-])cc1. The van der Waals surface area contributed by atoms with E-state index in [1.165, 1.54) is 0 Å². The second kappa shape index (κ2) is 6.93. The van der Waals surface area contributed by atoms with E-state index in [0.29, 0.717) is 16.4 Å². The van der Waals surface area contributed by atoms with Gasteiger partial charge in [-0.25, -0.2) is 14.8 Å². The molecule has 6 heteroatoms. The van der Waals surface area contributed by atoms with E-state index in [1.807, 2.05) is 44.2 Å². The summed E-state index contributed by atoms with van der Waals surface area (Å²) >= 11 is -1.08. The highest BCUT2D eigenvalue weighted by Crippen LogP contribution is 2.29. The van der Waals surface area contributed by atoms with E-state index in [1.54, 1.807) is 30.5 Å². The molecule has 0 spiro atoms. The first kappa shape index (κ1) is 18.8. The number of fused-ring (bicyclic) bond motifs is 3. The predicted octanol–water partition coefficient (Wildman–Crippen LogP) is 3.15. The molecule has 2 heterocycles. The normalized spacial score (nSPS) is 14.4. The number of hydrogen-bond donors (Lipinski definition) is 0. The molecule has 0 aromatic heterocycles. The van der Waals surface area contributed by atoms with Crippen molar-refractivity contribution in [2.75, 3.05) is 6.26 Å². The highest BCUT2D eigenvalue weighted by Gasteiger charge is 2.25. The quantitative estimate of drug-likeness (QED) is 0.294. The van der Waals surface area contributed by atoms with E-state index in [4.69, 9.17) is 9.73 Å². The summed E-state index contributed by atoms with van der Waals surface area (Å²) in [6, 6.07) is 16.7. The molecular formula is C24H18N2O3S. The van der Waals surface area contributed by atoms with Gasteiger partial charge in [-0.3, -0.25) is 0 Å². The Kier molecular flexibility index (Phi) is 4.34. The van der Waals surface area contributed by atoms with Crippen LogP contribution in [0.15, 0.2) is 69.5 Å². The number of esters is 1. The summed E-state index contributed by atoms with van der Waals surface area (Å²) in [5, 5.41) is 4.01. The van der Waals surface area contributed by atoms with Crippen molar-refractivity contribution in [2.45, 2.75) is 18.7 Å². The molecule has 0 radical (unpaired) electrons. The Bertz CT molecular complexity index is 1470. The zero-order valence-electron chi connectivity index (χ0n) is 16.7. The molecule has 0 saturated carbocycles. The Hall–Kier alpha value is -3.22. The molecule has 0 aliphatic carbocycles. The Morgan fingerprint density at radius 1 is 1.00 bits per heavy atom. The van der Waals surface area contributed by atoms with Crippen LogP contribution < -0.4 is 15.3 Å². The van der Waals surface area contributed by atoms with Crippen molar-refractivity contribution in [3.05, 3.63) is 81.2 Å². The lowest BCUT2D eigenvalue weighted by Crippen LogP contribution is -2.22. The first-order valence-electron chi connectivity index (χ1n) is 9.51. The van der Waals surface area contributed by atoms with E-state index in [0.717, 1.165) is 43.5 Å². The van der Waals surface area contributed by atoms with Gasteiger partial charge < -0.3 is 9.29 Å². The molecule has 1 atom stereocenters. The number of carbonyl (C=O) groups is 1. The number of benzene rings is 3. The van der Waals surface area contributed by atoms with E-state index < -0.39 is 17.1 Å². The minimum Gasteiger partial charge on any atom is -0.612 e. The first-order valence-corrected chi connectivity index (χ1v) is 11.1. The topological polar surface area (TPSA) is 74.1 Å². The molecule has 148 valence electrons. The maximum atomic E-state index is 12.8. The fourth-order valence-electron chi connectivity index (χ4n) is 4.00. The van der Waals surface area contributed by atoms with Crippen LogP contribution >= 0.6 is 0 Å². The molecule has 0 saturated heterocycles. The molecular weight excluding hydrogens is 396 g/mol. The summed E-state index contributed by atoms with van der Waals surface area (Å²) in [5.74, 6) is -0.116. The van der Waals surface area contributed by atoms with Crippen molar-refractivity contribution in [3.8, 4) is 5.75 Å². The van der Waals surface area contributed by atoms with Crippen molar-refractivity contribution in [3.63, 3.8) is 0 Å². The van der Waals surface area contributed by atoms with Gasteiger partial charge in [0.05, 0.1) is 16.7 Å². The fourth-order valence-corrected chi connectivity index (χ4v) is 4.52. The smallest absolute Gasteiger partial charge is 0.362 e. The number of hydrogen-bond acceptors (Lipinski definition) is 5. The third-order valence-corrected chi connectivity index (χ3v) is 6.41. The molecule has 3 aromatic rings. The standard InChI is InChI=1S/C24H18N2O3S/c1-13-21-14(2)23(24(27)29-15-8-10-16(11-9-15)30(3)28)26-20(21)12-18-17-6-4-5-7-19(17)25-22(13)18/h4-12H,1-3H3. The molecule has 5 nitrogen and oxygen atoms in total. The van der Waals surface area contributed by atoms with Gasteiger partial charge in [-0.15, -0.1) is 0 Å². The van der Waals surface area contributed by atoms with Crippen LogP contribution in [0, 0.1) is 17.4 Å². The Balaban J connectivity index is 1.55. The largest absolute Gasteiger partial charge is 0.612 e. The maximum Gasteiger partial charge on any atom is 0.362 e. The average molecular weight is 414 g/mol. The number of ether oxygens (including phenoxy) is 1. The molecule has 0 N–H and O–H groups in total. The lowest BCUT2D eigenvalue weighted by molar-refractivity contribution is -0.126. The average Bonchev–Trinajstić information content (AvgIpc) is 3.27. The van der Waals surface area contributed by atoms with Gasteiger partial charge in [0.1, 0.15) is 12.0 Å². The molecule has 2 aliphatic heterocycles. The Morgan fingerprint density at radius 3 is 2.47 bits per heavy atom. The fraction of sp³-hybridized carbons (Fsp3) is 0.125. The van der Waals surface area contributed by atoms with Gasteiger partial charge in [-0.05, 0) is 72.6 Å².